The standard InChI is InChI=1S/C15H19NO.C4H4O4/c1-16(2)11-10-12-8-9-15(17-3)14-7-5-4-6-13(12)14;5-3(6)1-2-4(7)8/h4-9H,10-11H2,1-3H3;1-2H,(H,5,6)(H,7,8)/b;2-1+. The summed E-state index contributed by atoms with van der Waals surface area (Å²) in [7, 11) is 5.93. The van der Waals surface area contributed by atoms with Gasteiger partial charge in [0.05, 0.1) is 7.11 Å². The second kappa shape index (κ2) is 10.1. The molecule has 134 valence electrons. The molecule has 0 amide bonds. The predicted molar refractivity (Wildman–Crippen MR) is 97.2 cm³/mol. The number of aliphatic carboxylic acids is 2. The number of rotatable bonds is 6. The summed E-state index contributed by atoms with van der Waals surface area (Å²) in [6.45, 7) is 1.07. The van der Waals surface area contributed by atoms with Crippen LogP contribution >= 0.6 is 0 Å². The number of methoxy groups -OCH3 is 1. The topological polar surface area (TPSA) is 87.1 Å². The van der Waals surface area contributed by atoms with Crippen molar-refractivity contribution in [3.63, 3.8) is 0 Å². The first kappa shape index (κ1) is 20.2. The minimum absolute atomic E-state index is 0.558. The Balaban J connectivity index is 0.000000333. The van der Waals surface area contributed by atoms with Crippen molar-refractivity contribution < 1.29 is 24.5 Å². The molecule has 2 aromatic rings. The van der Waals surface area contributed by atoms with Crippen molar-refractivity contribution in [1.82, 2.24) is 4.90 Å². The van der Waals surface area contributed by atoms with E-state index < -0.39 is 11.9 Å². The van der Waals surface area contributed by atoms with Crippen LogP contribution in [0.4, 0.5) is 0 Å². The molecular weight excluding hydrogens is 322 g/mol. The molecule has 0 atom stereocenters. The van der Waals surface area contributed by atoms with Crippen LogP contribution in [-0.4, -0.2) is 54.8 Å². The molecule has 0 aromatic heterocycles. The van der Waals surface area contributed by atoms with Crippen molar-refractivity contribution in [2.45, 2.75) is 6.42 Å². The van der Waals surface area contributed by atoms with E-state index in [1.165, 1.54) is 16.3 Å². The van der Waals surface area contributed by atoms with E-state index in [2.05, 4.69) is 55.4 Å². The Labute approximate surface area is 146 Å². The van der Waals surface area contributed by atoms with Gasteiger partial charge in [-0.2, -0.15) is 0 Å². The van der Waals surface area contributed by atoms with Crippen LogP contribution in [0.15, 0.2) is 48.6 Å². The lowest BCUT2D eigenvalue weighted by Crippen LogP contribution is -2.15. The van der Waals surface area contributed by atoms with Crippen LogP contribution in [0.2, 0.25) is 0 Å². The van der Waals surface area contributed by atoms with Gasteiger partial charge in [0.1, 0.15) is 5.75 Å². The molecular formula is C19H23NO5. The summed E-state index contributed by atoms with van der Waals surface area (Å²) < 4.78 is 5.40. The van der Waals surface area contributed by atoms with Gasteiger partial charge in [-0.25, -0.2) is 9.59 Å². The Bertz CT molecular complexity index is 737. The van der Waals surface area contributed by atoms with E-state index >= 15 is 0 Å². The summed E-state index contributed by atoms with van der Waals surface area (Å²) in [6.07, 6.45) is 2.18. The van der Waals surface area contributed by atoms with Crippen LogP contribution in [0.5, 0.6) is 5.75 Å². The maximum Gasteiger partial charge on any atom is 0.328 e. The monoisotopic (exact) mass is 345 g/mol. The minimum atomic E-state index is -1.26. The summed E-state index contributed by atoms with van der Waals surface area (Å²) >= 11 is 0. The van der Waals surface area contributed by atoms with Crippen LogP contribution in [-0.2, 0) is 16.0 Å². The first-order valence-electron chi connectivity index (χ1n) is 7.68. The number of carbonyl (C=O) groups is 2. The number of nitrogens with zero attached hydrogens (tertiary/aromatic N) is 1. The molecule has 0 bridgehead atoms. The highest BCUT2D eigenvalue weighted by molar-refractivity contribution is 5.91. The van der Waals surface area contributed by atoms with Gasteiger partial charge < -0.3 is 19.8 Å². The third-order valence-corrected chi connectivity index (χ3v) is 3.39. The number of carboxylic acid groups (broad SMARTS) is 2. The van der Waals surface area contributed by atoms with Gasteiger partial charge in [-0.15, -0.1) is 0 Å². The number of fused-ring (bicyclic) bond motifs is 1. The second-order valence-corrected chi connectivity index (χ2v) is 5.54. The van der Waals surface area contributed by atoms with Crippen molar-refractivity contribution >= 4 is 22.7 Å². The van der Waals surface area contributed by atoms with Crippen molar-refractivity contribution in [2.75, 3.05) is 27.7 Å². The summed E-state index contributed by atoms with van der Waals surface area (Å²) in [5, 5.41) is 18.1. The van der Waals surface area contributed by atoms with Gasteiger partial charge >= 0.3 is 11.9 Å². The number of hydrogen-bond donors (Lipinski definition) is 2. The van der Waals surface area contributed by atoms with Gasteiger partial charge in [-0.05, 0) is 37.5 Å². The third-order valence-electron chi connectivity index (χ3n) is 3.39. The fourth-order valence-corrected chi connectivity index (χ4v) is 2.22. The Morgan fingerprint density at radius 1 is 1.00 bits per heavy atom. The molecule has 0 heterocycles. The molecule has 2 N–H and O–H groups in total. The third kappa shape index (κ3) is 7.05. The van der Waals surface area contributed by atoms with Crippen molar-refractivity contribution in [1.29, 1.82) is 0 Å². The highest BCUT2D eigenvalue weighted by Gasteiger charge is 2.05. The van der Waals surface area contributed by atoms with Crippen molar-refractivity contribution in [3.05, 3.63) is 54.1 Å². The summed E-state index contributed by atoms with van der Waals surface area (Å²) in [5.74, 6) is -1.56. The lowest BCUT2D eigenvalue weighted by Gasteiger charge is -2.13. The Kier molecular flexibility index (Phi) is 8.15. The number of benzene rings is 2. The molecule has 0 radical (unpaired) electrons. The molecule has 0 aliphatic carbocycles. The molecule has 0 aliphatic heterocycles. The van der Waals surface area contributed by atoms with E-state index in [0.29, 0.717) is 12.2 Å². The first-order chi connectivity index (χ1) is 11.8. The predicted octanol–water partition coefficient (Wildman–Crippen LogP) is 2.66. The van der Waals surface area contributed by atoms with Crippen LogP contribution in [0.3, 0.4) is 0 Å². The van der Waals surface area contributed by atoms with Crippen molar-refractivity contribution in [3.8, 4) is 5.75 Å². The zero-order valence-electron chi connectivity index (χ0n) is 14.6. The van der Waals surface area contributed by atoms with E-state index in [0.717, 1.165) is 18.7 Å². The smallest absolute Gasteiger partial charge is 0.328 e. The SMILES string of the molecule is COc1ccc(CCN(C)C)c2ccccc12.O=C(O)/C=C/C(=O)O. The van der Waals surface area contributed by atoms with Gasteiger partial charge in [0.15, 0.2) is 0 Å². The number of carboxylic acids is 2. The molecule has 6 nitrogen and oxygen atoms in total. The van der Waals surface area contributed by atoms with Crippen LogP contribution in [0.25, 0.3) is 10.8 Å². The van der Waals surface area contributed by atoms with Gasteiger partial charge in [-0.1, -0.05) is 30.3 Å². The molecule has 0 saturated heterocycles. The van der Waals surface area contributed by atoms with E-state index in [9.17, 15) is 9.59 Å². The average molecular weight is 345 g/mol. The van der Waals surface area contributed by atoms with E-state index in [1.807, 2.05) is 0 Å². The number of hydrogen-bond acceptors (Lipinski definition) is 4. The van der Waals surface area contributed by atoms with Gasteiger partial charge in [0, 0.05) is 24.1 Å². The minimum Gasteiger partial charge on any atom is -0.496 e. The molecule has 0 saturated carbocycles. The zero-order chi connectivity index (χ0) is 18.8. The summed E-state index contributed by atoms with van der Waals surface area (Å²) in [4.78, 5) is 21.3. The molecule has 0 spiro atoms. The lowest BCUT2D eigenvalue weighted by molar-refractivity contribution is -0.134. The zero-order valence-corrected chi connectivity index (χ0v) is 14.6. The quantitative estimate of drug-likeness (QED) is 0.783. The molecule has 2 aromatic carbocycles. The Morgan fingerprint density at radius 3 is 2.04 bits per heavy atom. The molecule has 2 rings (SSSR count). The molecule has 0 fully saturated rings. The molecule has 6 heteroatoms. The van der Waals surface area contributed by atoms with E-state index in [4.69, 9.17) is 14.9 Å². The van der Waals surface area contributed by atoms with Gasteiger partial charge in [0.25, 0.3) is 0 Å². The fraction of sp³-hybridized carbons (Fsp3) is 0.263. The van der Waals surface area contributed by atoms with E-state index in [-0.39, 0.29) is 0 Å². The lowest BCUT2D eigenvalue weighted by atomic mass is 10.0. The molecule has 0 unspecified atom stereocenters. The first-order valence-corrected chi connectivity index (χ1v) is 7.68. The average Bonchev–Trinajstić information content (AvgIpc) is 2.58. The number of likely N-dealkylation sites (N-methyl/N-ethyl adjacent to an activating group) is 1. The van der Waals surface area contributed by atoms with E-state index in [1.54, 1.807) is 7.11 Å². The van der Waals surface area contributed by atoms with Gasteiger partial charge in [-0.3, -0.25) is 0 Å². The Hall–Kier alpha value is -2.86. The summed E-state index contributed by atoms with van der Waals surface area (Å²) in [6, 6.07) is 12.7. The maximum atomic E-state index is 9.55. The number of ether oxygens (including phenoxy) is 1. The fourth-order valence-electron chi connectivity index (χ4n) is 2.22. The second-order valence-electron chi connectivity index (χ2n) is 5.54. The normalized spacial score (nSPS) is 10.6. The Morgan fingerprint density at radius 2 is 1.56 bits per heavy atom. The van der Waals surface area contributed by atoms with Crippen LogP contribution < -0.4 is 4.74 Å². The van der Waals surface area contributed by atoms with Crippen LogP contribution in [0, 0.1) is 0 Å². The highest BCUT2D eigenvalue weighted by atomic mass is 16.5. The van der Waals surface area contributed by atoms with Gasteiger partial charge in [0.2, 0.25) is 0 Å². The highest BCUT2D eigenvalue weighted by Crippen LogP contribution is 2.28. The van der Waals surface area contributed by atoms with Crippen LogP contribution in [0.1, 0.15) is 5.56 Å². The van der Waals surface area contributed by atoms with Crippen molar-refractivity contribution in [2.24, 2.45) is 0 Å². The largest absolute Gasteiger partial charge is 0.496 e. The summed E-state index contributed by atoms with van der Waals surface area (Å²) in [5.41, 5.74) is 1.38. The maximum absolute atomic E-state index is 9.55. The molecule has 0 aliphatic rings. The molecule has 25 heavy (non-hydrogen) atoms.